The van der Waals surface area contributed by atoms with Crippen molar-refractivity contribution in [3.05, 3.63) is 34.9 Å². The Labute approximate surface area is 124 Å². The maximum absolute atomic E-state index is 12.6. The molecule has 2 N–H and O–H groups in total. The van der Waals surface area contributed by atoms with Crippen molar-refractivity contribution in [3.8, 4) is 17.9 Å². The first-order valence-electron chi connectivity index (χ1n) is 6.75. The van der Waals surface area contributed by atoms with Crippen LogP contribution in [0.1, 0.15) is 21.5 Å². The maximum atomic E-state index is 12.6. The SMILES string of the molecule is Cc1ccc(C(=O)N2CCOC(C#N)C2)c(C#CCN)c1. The number of carbonyl (C=O) groups excluding carboxylic acids is 1. The Hall–Kier alpha value is -2.34. The second kappa shape index (κ2) is 6.90. The highest BCUT2D eigenvalue weighted by atomic mass is 16.5. The summed E-state index contributed by atoms with van der Waals surface area (Å²) >= 11 is 0. The van der Waals surface area contributed by atoms with Gasteiger partial charge in [-0.3, -0.25) is 4.79 Å². The van der Waals surface area contributed by atoms with E-state index in [1.165, 1.54) is 0 Å². The van der Waals surface area contributed by atoms with E-state index in [1.807, 2.05) is 25.1 Å². The molecule has 5 heteroatoms. The number of hydrogen-bond donors (Lipinski definition) is 1. The van der Waals surface area contributed by atoms with Gasteiger partial charge in [-0.25, -0.2) is 0 Å². The molecular weight excluding hydrogens is 266 g/mol. The minimum absolute atomic E-state index is 0.125. The number of morpholine rings is 1. The molecule has 1 saturated heterocycles. The zero-order valence-corrected chi connectivity index (χ0v) is 11.9. The van der Waals surface area contributed by atoms with E-state index in [0.717, 1.165) is 5.56 Å². The van der Waals surface area contributed by atoms with Gasteiger partial charge in [0, 0.05) is 12.1 Å². The molecule has 1 unspecified atom stereocenters. The van der Waals surface area contributed by atoms with Crippen LogP contribution in [0, 0.1) is 30.1 Å². The minimum Gasteiger partial charge on any atom is -0.360 e. The normalized spacial score (nSPS) is 17.6. The summed E-state index contributed by atoms with van der Waals surface area (Å²) in [6.45, 7) is 3.33. The number of nitrogens with zero attached hydrogens (tertiary/aromatic N) is 2. The van der Waals surface area contributed by atoms with Gasteiger partial charge in [-0.15, -0.1) is 0 Å². The number of aryl methyl sites for hydroxylation is 1. The highest BCUT2D eigenvalue weighted by Crippen LogP contribution is 2.16. The first kappa shape index (κ1) is 15.1. The third-order valence-corrected chi connectivity index (χ3v) is 3.23. The van der Waals surface area contributed by atoms with Gasteiger partial charge in [0.25, 0.3) is 5.91 Å². The van der Waals surface area contributed by atoms with Crippen LogP contribution in [0.3, 0.4) is 0 Å². The fourth-order valence-corrected chi connectivity index (χ4v) is 2.18. The van der Waals surface area contributed by atoms with Crippen molar-refractivity contribution in [3.63, 3.8) is 0 Å². The van der Waals surface area contributed by atoms with Crippen molar-refractivity contribution in [1.29, 1.82) is 5.26 Å². The zero-order chi connectivity index (χ0) is 15.2. The van der Waals surface area contributed by atoms with Gasteiger partial charge in [-0.2, -0.15) is 5.26 Å². The van der Waals surface area contributed by atoms with E-state index in [-0.39, 0.29) is 19.0 Å². The monoisotopic (exact) mass is 283 g/mol. The predicted molar refractivity (Wildman–Crippen MR) is 78.4 cm³/mol. The van der Waals surface area contributed by atoms with Gasteiger partial charge in [-0.05, 0) is 24.6 Å². The number of hydrogen-bond acceptors (Lipinski definition) is 4. The molecule has 21 heavy (non-hydrogen) atoms. The van der Waals surface area contributed by atoms with Crippen LogP contribution in [-0.2, 0) is 4.74 Å². The molecule has 0 bridgehead atoms. The lowest BCUT2D eigenvalue weighted by Gasteiger charge is -2.30. The Morgan fingerprint density at radius 3 is 3.10 bits per heavy atom. The average Bonchev–Trinajstić information content (AvgIpc) is 2.52. The summed E-state index contributed by atoms with van der Waals surface area (Å²) in [5.41, 5.74) is 7.64. The Morgan fingerprint density at radius 2 is 2.38 bits per heavy atom. The quantitative estimate of drug-likeness (QED) is 0.768. The van der Waals surface area contributed by atoms with Crippen LogP contribution in [0.4, 0.5) is 0 Å². The molecule has 1 heterocycles. The lowest BCUT2D eigenvalue weighted by atomic mass is 10.0. The molecule has 1 atom stereocenters. The molecule has 5 nitrogen and oxygen atoms in total. The maximum Gasteiger partial charge on any atom is 0.255 e. The topological polar surface area (TPSA) is 79.3 Å². The number of ether oxygens (including phenoxy) is 1. The molecule has 1 aliphatic heterocycles. The second-order valence-electron chi connectivity index (χ2n) is 4.79. The van der Waals surface area contributed by atoms with Gasteiger partial charge in [0.1, 0.15) is 0 Å². The van der Waals surface area contributed by atoms with Crippen molar-refractivity contribution in [2.45, 2.75) is 13.0 Å². The summed E-state index contributed by atoms with van der Waals surface area (Å²) in [4.78, 5) is 14.3. The number of nitriles is 1. The summed E-state index contributed by atoms with van der Waals surface area (Å²) in [5.74, 6) is 5.59. The summed E-state index contributed by atoms with van der Waals surface area (Å²) in [7, 11) is 0. The summed E-state index contributed by atoms with van der Waals surface area (Å²) in [6.07, 6.45) is -0.563. The number of amides is 1. The number of carbonyl (C=O) groups is 1. The van der Waals surface area contributed by atoms with Crippen LogP contribution in [0.5, 0.6) is 0 Å². The van der Waals surface area contributed by atoms with Gasteiger partial charge in [0.15, 0.2) is 6.10 Å². The predicted octanol–water partition coefficient (Wildman–Crippen LogP) is 0.670. The van der Waals surface area contributed by atoms with E-state index in [0.29, 0.717) is 24.3 Å². The van der Waals surface area contributed by atoms with Crippen molar-refractivity contribution >= 4 is 5.91 Å². The van der Waals surface area contributed by atoms with Gasteiger partial charge in [0.05, 0.1) is 31.3 Å². The highest BCUT2D eigenvalue weighted by molar-refractivity contribution is 5.97. The van der Waals surface area contributed by atoms with Crippen molar-refractivity contribution in [2.75, 3.05) is 26.2 Å². The van der Waals surface area contributed by atoms with E-state index in [4.69, 9.17) is 15.7 Å². The van der Waals surface area contributed by atoms with E-state index in [2.05, 4.69) is 11.8 Å². The van der Waals surface area contributed by atoms with Crippen LogP contribution in [-0.4, -0.2) is 43.2 Å². The fraction of sp³-hybridized carbons (Fsp3) is 0.375. The Morgan fingerprint density at radius 1 is 1.57 bits per heavy atom. The summed E-state index contributed by atoms with van der Waals surface area (Å²) in [6, 6.07) is 7.56. The van der Waals surface area contributed by atoms with Gasteiger partial charge in [-0.1, -0.05) is 17.9 Å². The second-order valence-corrected chi connectivity index (χ2v) is 4.79. The van der Waals surface area contributed by atoms with Crippen molar-refractivity contribution in [1.82, 2.24) is 4.90 Å². The first-order valence-corrected chi connectivity index (χ1v) is 6.75. The Kier molecular flexibility index (Phi) is 4.94. The third-order valence-electron chi connectivity index (χ3n) is 3.23. The molecule has 2 rings (SSSR count). The summed E-state index contributed by atoms with van der Waals surface area (Å²) < 4.78 is 5.26. The van der Waals surface area contributed by atoms with Crippen LogP contribution in [0.15, 0.2) is 18.2 Å². The molecule has 0 aliphatic carbocycles. The largest absolute Gasteiger partial charge is 0.360 e. The van der Waals surface area contributed by atoms with Crippen LogP contribution in [0.25, 0.3) is 0 Å². The van der Waals surface area contributed by atoms with Crippen LogP contribution >= 0.6 is 0 Å². The molecule has 0 radical (unpaired) electrons. The van der Waals surface area contributed by atoms with E-state index < -0.39 is 6.10 Å². The molecule has 1 amide bonds. The number of nitrogens with two attached hydrogens (primary N) is 1. The molecule has 0 saturated carbocycles. The average molecular weight is 283 g/mol. The van der Waals surface area contributed by atoms with E-state index in [9.17, 15) is 4.79 Å². The molecular formula is C16H17N3O2. The lowest BCUT2D eigenvalue weighted by molar-refractivity contribution is 0.00345. The van der Waals surface area contributed by atoms with Crippen molar-refractivity contribution < 1.29 is 9.53 Å². The molecule has 1 aromatic rings. The van der Waals surface area contributed by atoms with Gasteiger partial charge in [0.2, 0.25) is 0 Å². The van der Waals surface area contributed by atoms with Crippen molar-refractivity contribution in [2.24, 2.45) is 5.73 Å². The molecule has 108 valence electrons. The Balaban J connectivity index is 2.28. The number of benzene rings is 1. The molecule has 0 aromatic heterocycles. The molecule has 1 aromatic carbocycles. The minimum atomic E-state index is -0.563. The lowest BCUT2D eigenvalue weighted by Crippen LogP contribution is -2.45. The smallest absolute Gasteiger partial charge is 0.255 e. The van der Waals surface area contributed by atoms with E-state index in [1.54, 1.807) is 11.0 Å². The zero-order valence-electron chi connectivity index (χ0n) is 11.9. The van der Waals surface area contributed by atoms with Gasteiger partial charge >= 0.3 is 0 Å². The standard InChI is InChI=1S/C16H17N3O2/c1-12-4-5-15(13(9-12)3-2-6-17)16(20)19-7-8-21-14(10-18)11-19/h4-5,9,14H,6-8,11,17H2,1H3. The van der Waals surface area contributed by atoms with Crippen LogP contribution in [0.2, 0.25) is 0 Å². The Bertz CT molecular complexity index is 637. The van der Waals surface area contributed by atoms with Gasteiger partial charge < -0.3 is 15.4 Å². The van der Waals surface area contributed by atoms with E-state index >= 15 is 0 Å². The molecule has 0 spiro atoms. The third kappa shape index (κ3) is 3.61. The molecule has 1 fully saturated rings. The highest BCUT2D eigenvalue weighted by Gasteiger charge is 2.25. The molecule has 1 aliphatic rings. The van der Waals surface area contributed by atoms with Crippen LogP contribution < -0.4 is 5.73 Å². The fourth-order valence-electron chi connectivity index (χ4n) is 2.18. The number of rotatable bonds is 1. The first-order chi connectivity index (χ1) is 10.2. The summed E-state index contributed by atoms with van der Waals surface area (Å²) in [5, 5.41) is 8.92.